The predicted octanol–water partition coefficient (Wildman–Crippen LogP) is 1.93. The molecule has 130 valence electrons. The maximum Gasteiger partial charge on any atom is 0.241 e. The topological polar surface area (TPSA) is 65.6 Å². The highest BCUT2D eigenvalue weighted by Crippen LogP contribution is 2.20. The molecule has 6 heteroatoms. The Labute approximate surface area is 143 Å². The quantitative estimate of drug-likeness (QED) is 0.904. The molecule has 2 unspecified atom stereocenters. The Morgan fingerprint density at radius 1 is 1.33 bits per heavy atom. The molecular weight excluding hydrogens is 304 g/mol. The summed E-state index contributed by atoms with van der Waals surface area (Å²) in [6.07, 6.45) is -0.286. The average Bonchev–Trinajstić information content (AvgIpc) is 2.98. The highest BCUT2D eigenvalue weighted by atomic mass is 16.5. The summed E-state index contributed by atoms with van der Waals surface area (Å²) >= 11 is 0. The second-order valence-corrected chi connectivity index (χ2v) is 6.75. The zero-order valence-electron chi connectivity index (χ0n) is 14.6. The van der Waals surface area contributed by atoms with Crippen LogP contribution < -0.4 is 0 Å². The van der Waals surface area contributed by atoms with Crippen LogP contribution in [0, 0.1) is 6.92 Å². The molecule has 0 saturated carbocycles. The first-order chi connectivity index (χ1) is 11.5. The first kappa shape index (κ1) is 17.1. The Kier molecular flexibility index (Phi) is 5.28. The van der Waals surface area contributed by atoms with Gasteiger partial charge in [0.2, 0.25) is 11.7 Å². The molecule has 0 radical (unpaired) electrons. The van der Waals surface area contributed by atoms with E-state index < -0.39 is 0 Å². The molecule has 0 amide bonds. The summed E-state index contributed by atoms with van der Waals surface area (Å²) in [5.41, 5.74) is 2.16. The summed E-state index contributed by atoms with van der Waals surface area (Å²) in [5, 5.41) is 13.7. The molecule has 1 aliphatic heterocycles. The molecule has 1 aliphatic rings. The number of aryl methyl sites for hydroxylation is 1. The van der Waals surface area contributed by atoms with E-state index in [1.807, 2.05) is 25.1 Å². The third-order valence-corrected chi connectivity index (χ3v) is 4.56. The van der Waals surface area contributed by atoms with Crippen molar-refractivity contribution in [1.29, 1.82) is 0 Å². The molecule has 3 rings (SSSR count). The lowest BCUT2D eigenvalue weighted by Gasteiger charge is -2.39. The van der Waals surface area contributed by atoms with E-state index >= 15 is 0 Å². The highest BCUT2D eigenvalue weighted by molar-refractivity contribution is 5.58. The molecule has 1 N–H and O–H groups in total. The fraction of sp³-hybridized carbons (Fsp3) is 0.556. The van der Waals surface area contributed by atoms with Gasteiger partial charge in [-0.05, 0) is 26.3 Å². The van der Waals surface area contributed by atoms with Gasteiger partial charge in [0.1, 0.15) is 0 Å². The lowest BCUT2D eigenvalue weighted by Crippen LogP contribution is -2.53. The second kappa shape index (κ2) is 7.42. The van der Waals surface area contributed by atoms with Crippen molar-refractivity contribution < 1.29 is 9.63 Å². The van der Waals surface area contributed by atoms with Crippen molar-refractivity contribution in [3.05, 3.63) is 35.7 Å². The van der Waals surface area contributed by atoms with Gasteiger partial charge in [-0.2, -0.15) is 4.98 Å². The van der Waals surface area contributed by atoms with Crippen LogP contribution in [-0.4, -0.2) is 63.4 Å². The highest BCUT2D eigenvalue weighted by Gasteiger charge is 2.25. The first-order valence-corrected chi connectivity index (χ1v) is 8.56. The molecule has 1 aromatic heterocycles. The SMILES string of the molecule is Cc1ccccc1-c1noc(CN2CCN(CC(C)O)C(C)C2)n1. The summed E-state index contributed by atoms with van der Waals surface area (Å²) in [4.78, 5) is 9.21. The van der Waals surface area contributed by atoms with Crippen LogP contribution >= 0.6 is 0 Å². The second-order valence-electron chi connectivity index (χ2n) is 6.75. The lowest BCUT2D eigenvalue weighted by atomic mass is 10.1. The Bertz CT molecular complexity index is 671. The van der Waals surface area contributed by atoms with E-state index in [1.54, 1.807) is 0 Å². The smallest absolute Gasteiger partial charge is 0.241 e. The van der Waals surface area contributed by atoms with Crippen LogP contribution in [-0.2, 0) is 6.54 Å². The summed E-state index contributed by atoms with van der Waals surface area (Å²) in [6.45, 7) is 10.3. The third-order valence-electron chi connectivity index (χ3n) is 4.56. The number of aromatic nitrogens is 2. The Hall–Kier alpha value is -1.76. The van der Waals surface area contributed by atoms with Gasteiger partial charge in [-0.1, -0.05) is 29.4 Å². The van der Waals surface area contributed by atoms with Crippen molar-refractivity contribution in [1.82, 2.24) is 19.9 Å². The number of benzene rings is 1. The van der Waals surface area contributed by atoms with Gasteiger partial charge >= 0.3 is 0 Å². The molecule has 6 nitrogen and oxygen atoms in total. The van der Waals surface area contributed by atoms with Crippen molar-refractivity contribution in [2.24, 2.45) is 0 Å². The molecule has 0 spiro atoms. The van der Waals surface area contributed by atoms with Gasteiger partial charge in [0.05, 0.1) is 12.6 Å². The fourth-order valence-electron chi connectivity index (χ4n) is 3.27. The molecular formula is C18H26N4O2. The van der Waals surface area contributed by atoms with Gasteiger partial charge < -0.3 is 9.63 Å². The van der Waals surface area contributed by atoms with Gasteiger partial charge in [-0.3, -0.25) is 9.80 Å². The van der Waals surface area contributed by atoms with E-state index in [-0.39, 0.29) is 6.10 Å². The zero-order chi connectivity index (χ0) is 17.1. The molecule has 0 bridgehead atoms. The van der Waals surface area contributed by atoms with Crippen LogP contribution in [0.4, 0.5) is 0 Å². The van der Waals surface area contributed by atoms with Gasteiger partial charge in [-0.15, -0.1) is 0 Å². The molecule has 2 aromatic rings. The fourth-order valence-corrected chi connectivity index (χ4v) is 3.27. The molecule has 1 fully saturated rings. The van der Waals surface area contributed by atoms with Crippen molar-refractivity contribution in [3.8, 4) is 11.4 Å². The van der Waals surface area contributed by atoms with Crippen LogP contribution in [0.3, 0.4) is 0 Å². The third kappa shape index (κ3) is 4.01. The van der Waals surface area contributed by atoms with E-state index in [0.29, 0.717) is 24.3 Å². The van der Waals surface area contributed by atoms with Crippen LogP contribution in [0.1, 0.15) is 25.3 Å². The van der Waals surface area contributed by atoms with E-state index in [2.05, 4.69) is 39.9 Å². The van der Waals surface area contributed by atoms with Gasteiger partial charge in [0.25, 0.3) is 0 Å². The minimum Gasteiger partial charge on any atom is -0.392 e. The number of aliphatic hydroxyl groups excluding tert-OH is 1. The van der Waals surface area contributed by atoms with Crippen molar-refractivity contribution >= 4 is 0 Å². The van der Waals surface area contributed by atoms with Crippen LogP contribution in [0.5, 0.6) is 0 Å². The molecule has 0 aliphatic carbocycles. The number of hydrogen-bond acceptors (Lipinski definition) is 6. The minimum absolute atomic E-state index is 0.286. The van der Waals surface area contributed by atoms with Gasteiger partial charge in [-0.25, -0.2) is 0 Å². The van der Waals surface area contributed by atoms with E-state index in [1.165, 1.54) is 0 Å². The Balaban J connectivity index is 1.61. The summed E-state index contributed by atoms with van der Waals surface area (Å²) < 4.78 is 5.45. The maximum absolute atomic E-state index is 9.57. The molecule has 2 atom stereocenters. The minimum atomic E-state index is -0.286. The Morgan fingerprint density at radius 3 is 2.83 bits per heavy atom. The lowest BCUT2D eigenvalue weighted by molar-refractivity contribution is 0.0385. The number of nitrogens with zero attached hydrogens (tertiary/aromatic N) is 4. The molecule has 1 aromatic carbocycles. The van der Waals surface area contributed by atoms with E-state index in [0.717, 1.165) is 37.3 Å². The molecule has 2 heterocycles. The maximum atomic E-state index is 9.57. The number of rotatable bonds is 5. The van der Waals surface area contributed by atoms with Gasteiger partial charge in [0, 0.05) is 37.8 Å². The number of hydrogen-bond donors (Lipinski definition) is 1. The molecule has 1 saturated heterocycles. The van der Waals surface area contributed by atoms with Crippen molar-refractivity contribution in [2.75, 3.05) is 26.2 Å². The van der Waals surface area contributed by atoms with Crippen LogP contribution in [0.2, 0.25) is 0 Å². The summed E-state index contributed by atoms with van der Waals surface area (Å²) in [7, 11) is 0. The van der Waals surface area contributed by atoms with Crippen LogP contribution in [0.25, 0.3) is 11.4 Å². The number of β-amino-alcohol motifs (C(OH)–C–C–N with tert-alkyl or cyclic N) is 1. The Morgan fingerprint density at radius 2 is 2.12 bits per heavy atom. The first-order valence-electron chi connectivity index (χ1n) is 8.56. The zero-order valence-corrected chi connectivity index (χ0v) is 14.6. The average molecular weight is 330 g/mol. The normalized spacial score (nSPS) is 21.1. The number of aliphatic hydroxyl groups is 1. The van der Waals surface area contributed by atoms with E-state index in [4.69, 9.17) is 4.52 Å². The van der Waals surface area contributed by atoms with E-state index in [9.17, 15) is 5.11 Å². The van der Waals surface area contributed by atoms with Crippen molar-refractivity contribution in [3.63, 3.8) is 0 Å². The van der Waals surface area contributed by atoms with Gasteiger partial charge in [0.15, 0.2) is 0 Å². The predicted molar refractivity (Wildman–Crippen MR) is 92.5 cm³/mol. The van der Waals surface area contributed by atoms with Crippen molar-refractivity contribution in [2.45, 2.75) is 39.5 Å². The summed E-state index contributed by atoms with van der Waals surface area (Å²) in [5.74, 6) is 1.31. The molecule has 24 heavy (non-hydrogen) atoms. The van der Waals surface area contributed by atoms with Crippen LogP contribution in [0.15, 0.2) is 28.8 Å². The standard InChI is InChI=1S/C18H26N4O2/c1-13-6-4-5-7-16(13)18-19-17(24-20-18)12-21-8-9-22(11-15(3)23)14(2)10-21/h4-7,14-15,23H,8-12H2,1-3H3. The largest absolute Gasteiger partial charge is 0.392 e. The monoisotopic (exact) mass is 330 g/mol. The summed E-state index contributed by atoms with van der Waals surface area (Å²) in [6, 6.07) is 8.47. The number of piperazine rings is 1.